The van der Waals surface area contributed by atoms with E-state index in [0.29, 0.717) is 11.3 Å². The van der Waals surface area contributed by atoms with Crippen molar-refractivity contribution in [2.45, 2.75) is 19.8 Å². The lowest BCUT2D eigenvalue weighted by Gasteiger charge is -2.37. The number of aryl methyl sites for hydroxylation is 1. The minimum absolute atomic E-state index is 0.115. The molecule has 0 aromatic carbocycles. The zero-order chi connectivity index (χ0) is 15.4. The van der Waals surface area contributed by atoms with E-state index in [1.807, 2.05) is 12.2 Å². The Kier molecular flexibility index (Phi) is 2.76. The molecule has 2 fully saturated rings. The van der Waals surface area contributed by atoms with E-state index in [2.05, 4.69) is 5.43 Å². The Hall–Kier alpha value is -2.37. The standard InChI is InChI=1S/C16H16N2O4/c1-8-11(6-7-22-8)14(19)17-18-15(20)12-9-2-3-10(5-4-9)13(12)16(18)21/h2-3,6-7,9-10,12-13H,4-5H2,1H3,(H,17,19)/t9-,10-,12-,13+/m1/s1. The molecule has 3 amide bonds. The van der Waals surface area contributed by atoms with Gasteiger partial charge in [0.1, 0.15) is 5.76 Å². The van der Waals surface area contributed by atoms with Gasteiger partial charge in [0.25, 0.3) is 17.7 Å². The highest BCUT2D eigenvalue weighted by atomic mass is 16.3. The van der Waals surface area contributed by atoms with Crippen LogP contribution in [0.15, 0.2) is 28.9 Å². The summed E-state index contributed by atoms with van der Waals surface area (Å²) in [5.41, 5.74) is 2.78. The van der Waals surface area contributed by atoms with Crippen molar-refractivity contribution in [3.8, 4) is 0 Å². The summed E-state index contributed by atoms with van der Waals surface area (Å²) in [6.45, 7) is 1.66. The van der Waals surface area contributed by atoms with Gasteiger partial charge in [-0.2, -0.15) is 5.01 Å². The van der Waals surface area contributed by atoms with Crippen LogP contribution >= 0.6 is 0 Å². The number of nitrogens with zero attached hydrogens (tertiary/aromatic N) is 1. The quantitative estimate of drug-likeness (QED) is 0.662. The summed E-state index contributed by atoms with van der Waals surface area (Å²) < 4.78 is 5.08. The van der Waals surface area contributed by atoms with Gasteiger partial charge in [-0.05, 0) is 37.7 Å². The van der Waals surface area contributed by atoms with E-state index in [4.69, 9.17) is 4.42 Å². The largest absolute Gasteiger partial charge is 0.469 e. The first-order chi connectivity index (χ1) is 10.6. The van der Waals surface area contributed by atoms with Crippen LogP contribution in [0.2, 0.25) is 0 Å². The molecule has 0 unspecified atom stereocenters. The van der Waals surface area contributed by atoms with Gasteiger partial charge < -0.3 is 4.42 Å². The second kappa shape index (κ2) is 4.56. The van der Waals surface area contributed by atoms with Crippen LogP contribution in [0.3, 0.4) is 0 Å². The van der Waals surface area contributed by atoms with E-state index in [1.165, 1.54) is 12.3 Å². The second-order valence-corrected chi connectivity index (χ2v) is 6.18. The molecule has 3 aliphatic carbocycles. The van der Waals surface area contributed by atoms with Crippen molar-refractivity contribution in [1.29, 1.82) is 0 Å². The maximum absolute atomic E-state index is 12.6. The van der Waals surface area contributed by atoms with Crippen LogP contribution in [0.5, 0.6) is 0 Å². The topological polar surface area (TPSA) is 79.6 Å². The number of carbonyl (C=O) groups excluding carboxylic acids is 3. The maximum atomic E-state index is 12.6. The van der Waals surface area contributed by atoms with Gasteiger partial charge in [0, 0.05) is 0 Å². The highest BCUT2D eigenvalue weighted by molar-refractivity contribution is 6.08. The number of hydrogen-bond donors (Lipinski definition) is 1. The number of hydrazine groups is 1. The predicted molar refractivity (Wildman–Crippen MR) is 75.1 cm³/mol. The van der Waals surface area contributed by atoms with E-state index < -0.39 is 5.91 Å². The molecule has 1 aromatic heterocycles. The Labute approximate surface area is 127 Å². The Bertz CT molecular complexity index is 673. The molecule has 0 radical (unpaired) electrons. The number of allylic oxidation sites excluding steroid dienone is 2. The Morgan fingerprint density at radius 2 is 1.77 bits per heavy atom. The minimum atomic E-state index is -0.494. The summed E-state index contributed by atoms with van der Waals surface area (Å²) >= 11 is 0. The number of fused-ring (bicyclic) bond motifs is 1. The number of nitrogens with one attached hydrogen (secondary N) is 1. The normalized spacial score (nSPS) is 32.5. The monoisotopic (exact) mass is 300 g/mol. The summed E-state index contributed by atoms with van der Waals surface area (Å²) in [6.07, 6.45) is 7.37. The molecule has 1 aliphatic heterocycles. The Morgan fingerprint density at radius 3 is 2.23 bits per heavy atom. The molecule has 1 saturated carbocycles. The maximum Gasteiger partial charge on any atom is 0.273 e. The van der Waals surface area contributed by atoms with Gasteiger partial charge in [-0.25, -0.2) is 0 Å². The fourth-order valence-electron chi connectivity index (χ4n) is 3.97. The number of imide groups is 1. The van der Waals surface area contributed by atoms with Gasteiger partial charge in [-0.3, -0.25) is 19.8 Å². The van der Waals surface area contributed by atoms with Crippen LogP contribution in [0.25, 0.3) is 0 Å². The molecule has 6 heteroatoms. The molecule has 4 aliphatic rings. The number of amides is 3. The summed E-state index contributed by atoms with van der Waals surface area (Å²) in [6, 6.07) is 1.52. The first-order valence-electron chi connectivity index (χ1n) is 7.49. The Balaban J connectivity index is 1.59. The smallest absolute Gasteiger partial charge is 0.273 e. The second-order valence-electron chi connectivity index (χ2n) is 6.18. The number of furan rings is 1. The summed E-state index contributed by atoms with van der Waals surface area (Å²) in [4.78, 5) is 37.4. The van der Waals surface area contributed by atoms with Crippen LogP contribution in [0.4, 0.5) is 0 Å². The molecule has 1 saturated heterocycles. The molecule has 22 heavy (non-hydrogen) atoms. The van der Waals surface area contributed by atoms with Crippen molar-refractivity contribution >= 4 is 17.7 Å². The fourth-order valence-corrected chi connectivity index (χ4v) is 3.97. The zero-order valence-electron chi connectivity index (χ0n) is 12.1. The zero-order valence-corrected chi connectivity index (χ0v) is 12.1. The molecule has 1 N–H and O–H groups in total. The van der Waals surface area contributed by atoms with Gasteiger partial charge in [0.2, 0.25) is 0 Å². The molecular weight excluding hydrogens is 284 g/mol. The van der Waals surface area contributed by atoms with Crippen molar-refractivity contribution in [3.63, 3.8) is 0 Å². The number of carbonyl (C=O) groups is 3. The third-order valence-electron chi connectivity index (χ3n) is 5.08. The summed E-state index contributed by atoms with van der Waals surface area (Å²) in [7, 11) is 0. The lowest BCUT2D eigenvalue weighted by molar-refractivity contribution is -0.143. The van der Waals surface area contributed by atoms with Crippen molar-refractivity contribution in [2.24, 2.45) is 23.7 Å². The van der Waals surface area contributed by atoms with Gasteiger partial charge in [0.05, 0.1) is 23.7 Å². The van der Waals surface area contributed by atoms with Crippen molar-refractivity contribution in [2.75, 3.05) is 0 Å². The molecular formula is C16H16N2O4. The predicted octanol–water partition coefficient (Wildman–Crippen LogP) is 1.43. The highest BCUT2D eigenvalue weighted by Crippen LogP contribution is 2.49. The molecule has 114 valence electrons. The molecule has 2 heterocycles. The molecule has 5 rings (SSSR count). The van der Waals surface area contributed by atoms with Gasteiger partial charge in [0.15, 0.2) is 0 Å². The van der Waals surface area contributed by atoms with Crippen LogP contribution in [-0.4, -0.2) is 22.7 Å². The first kappa shape index (κ1) is 13.3. The van der Waals surface area contributed by atoms with Crippen molar-refractivity contribution < 1.29 is 18.8 Å². The van der Waals surface area contributed by atoms with Crippen molar-refractivity contribution in [3.05, 3.63) is 35.8 Å². The number of hydrogen-bond acceptors (Lipinski definition) is 4. The van der Waals surface area contributed by atoms with E-state index in [0.717, 1.165) is 17.9 Å². The summed E-state index contributed by atoms with van der Waals surface area (Å²) in [5.74, 6) is -1.02. The van der Waals surface area contributed by atoms with Gasteiger partial charge in [-0.15, -0.1) is 0 Å². The van der Waals surface area contributed by atoms with Crippen LogP contribution in [0.1, 0.15) is 29.0 Å². The molecule has 0 spiro atoms. The number of rotatable bonds is 2. The van der Waals surface area contributed by atoms with E-state index in [1.54, 1.807) is 6.92 Å². The molecule has 1 aromatic rings. The highest BCUT2D eigenvalue weighted by Gasteiger charge is 2.57. The average Bonchev–Trinajstić information content (AvgIpc) is 3.07. The van der Waals surface area contributed by atoms with Gasteiger partial charge >= 0.3 is 0 Å². The molecule has 4 atom stereocenters. The lowest BCUT2D eigenvalue weighted by Crippen LogP contribution is -2.46. The van der Waals surface area contributed by atoms with Gasteiger partial charge in [-0.1, -0.05) is 12.2 Å². The third kappa shape index (κ3) is 1.70. The molecule has 6 nitrogen and oxygen atoms in total. The van der Waals surface area contributed by atoms with Crippen LogP contribution < -0.4 is 5.43 Å². The third-order valence-corrected chi connectivity index (χ3v) is 5.08. The first-order valence-corrected chi connectivity index (χ1v) is 7.49. The summed E-state index contributed by atoms with van der Waals surface area (Å²) in [5, 5.41) is 0.919. The molecule has 2 bridgehead atoms. The Morgan fingerprint density at radius 1 is 1.18 bits per heavy atom. The van der Waals surface area contributed by atoms with E-state index >= 15 is 0 Å². The average molecular weight is 300 g/mol. The van der Waals surface area contributed by atoms with E-state index in [9.17, 15) is 14.4 Å². The van der Waals surface area contributed by atoms with E-state index in [-0.39, 0.29) is 35.5 Å². The van der Waals surface area contributed by atoms with Crippen molar-refractivity contribution in [1.82, 2.24) is 10.4 Å². The SMILES string of the molecule is Cc1occc1C(=O)NN1C(=O)[C@@H]2[C@H](C1=O)[C@@H]1C=C[C@@H]2CC1. The van der Waals surface area contributed by atoms with Crippen LogP contribution in [-0.2, 0) is 9.59 Å². The van der Waals surface area contributed by atoms with Crippen LogP contribution in [0, 0.1) is 30.6 Å². The minimum Gasteiger partial charge on any atom is -0.469 e. The lowest BCUT2D eigenvalue weighted by atomic mass is 9.63. The fraction of sp³-hybridized carbons (Fsp3) is 0.438.